The zero-order chi connectivity index (χ0) is 22.1. The van der Waals surface area contributed by atoms with Crippen molar-refractivity contribution in [1.82, 2.24) is 19.8 Å². The topological polar surface area (TPSA) is 115 Å². The lowest BCUT2D eigenvalue weighted by Gasteiger charge is -2.25. The third-order valence-corrected chi connectivity index (χ3v) is 7.70. The van der Waals surface area contributed by atoms with Gasteiger partial charge in [0, 0.05) is 19.1 Å². The largest absolute Gasteiger partial charge is 0.367 e. The first-order valence-electron chi connectivity index (χ1n) is 10.5. The quantitative estimate of drug-likeness (QED) is 0.649. The lowest BCUT2D eigenvalue weighted by molar-refractivity contribution is -0.135. The second-order valence-corrected chi connectivity index (χ2v) is 10.5. The molecule has 2 heterocycles. The number of ether oxygens (including phenoxy) is 1. The van der Waals surface area contributed by atoms with Crippen LogP contribution in [0.1, 0.15) is 37.0 Å². The molecule has 2 fully saturated rings. The zero-order valence-corrected chi connectivity index (χ0v) is 18.6. The molecule has 10 heteroatoms. The van der Waals surface area contributed by atoms with Gasteiger partial charge in [-0.25, -0.2) is 13.1 Å². The number of sulfonamides is 1. The minimum atomic E-state index is -3.32. The molecule has 0 spiro atoms. The summed E-state index contributed by atoms with van der Waals surface area (Å²) in [6, 6.07) is 9.49. The van der Waals surface area contributed by atoms with Crippen LogP contribution >= 0.6 is 0 Å². The summed E-state index contributed by atoms with van der Waals surface area (Å²) < 4.78 is 38.1. The van der Waals surface area contributed by atoms with E-state index in [0.29, 0.717) is 44.3 Å². The number of rotatable bonds is 8. The maximum atomic E-state index is 12.8. The lowest BCUT2D eigenvalue weighted by Crippen LogP contribution is -2.40. The van der Waals surface area contributed by atoms with Crippen LogP contribution < -0.4 is 4.72 Å². The molecule has 2 aromatic rings. The van der Waals surface area contributed by atoms with Crippen molar-refractivity contribution >= 4 is 15.9 Å². The Morgan fingerprint density at radius 3 is 2.81 bits per heavy atom. The lowest BCUT2D eigenvalue weighted by atomic mass is 9.80. The first kappa shape index (κ1) is 21.9. The van der Waals surface area contributed by atoms with E-state index in [-0.39, 0.29) is 30.2 Å². The number of aryl methyl sites for hydroxylation is 1. The summed E-state index contributed by atoms with van der Waals surface area (Å²) in [6.07, 6.45) is 1.14. The molecular weight excluding hydrogens is 420 g/mol. The number of nitrogens with one attached hydrogen (secondary N) is 1. The smallest absolute Gasteiger partial charge is 0.248 e. The van der Waals surface area contributed by atoms with Gasteiger partial charge in [0.2, 0.25) is 21.8 Å². The van der Waals surface area contributed by atoms with Crippen LogP contribution in [0.4, 0.5) is 0 Å². The summed E-state index contributed by atoms with van der Waals surface area (Å²) >= 11 is 0. The van der Waals surface area contributed by atoms with E-state index in [1.54, 1.807) is 18.7 Å². The van der Waals surface area contributed by atoms with Crippen LogP contribution in [-0.4, -0.2) is 60.9 Å². The Morgan fingerprint density at radius 2 is 2.13 bits per heavy atom. The molecule has 1 amide bonds. The Kier molecular flexibility index (Phi) is 6.14. The number of hydrogen-bond donors (Lipinski definition) is 1. The van der Waals surface area contributed by atoms with Crippen molar-refractivity contribution in [1.29, 1.82) is 0 Å². The van der Waals surface area contributed by atoms with Crippen molar-refractivity contribution in [3.63, 3.8) is 0 Å². The SMILES string of the molecule is CCS(=O)(=O)N[C@@H]1CC2CN(C(=O)COCc3ccccc3)C[C@@]2(c2nc(C)no2)C1. The zero-order valence-electron chi connectivity index (χ0n) is 17.8. The molecule has 1 unspecified atom stereocenters. The molecule has 9 nitrogen and oxygen atoms in total. The van der Waals surface area contributed by atoms with Gasteiger partial charge in [-0.3, -0.25) is 4.79 Å². The molecular formula is C21H28N4O5S. The van der Waals surface area contributed by atoms with Gasteiger partial charge in [-0.1, -0.05) is 35.5 Å². The average Bonchev–Trinajstić information content (AvgIpc) is 3.41. The van der Waals surface area contributed by atoms with Gasteiger partial charge in [0.15, 0.2) is 5.82 Å². The first-order chi connectivity index (χ1) is 14.8. The summed E-state index contributed by atoms with van der Waals surface area (Å²) in [5, 5.41) is 3.93. The van der Waals surface area contributed by atoms with Gasteiger partial charge in [0.1, 0.15) is 6.61 Å². The number of fused-ring (bicyclic) bond motifs is 1. The number of carbonyl (C=O) groups is 1. The van der Waals surface area contributed by atoms with Crippen LogP contribution in [0.15, 0.2) is 34.9 Å². The van der Waals surface area contributed by atoms with E-state index >= 15 is 0 Å². The van der Waals surface area contributed by atoms with Gasteiger partial charge in [-0.05, 0) is 38.2 Å². The van der Waals surface area contributed by atoms with Crippen LogP contribution in [0.2, 0.25) is 0 Å². The van der Waals surface area contributed by atoms with Gasteiger partial charge in [0.05, 0.1) is 17.8 Å². The summed E-state index contributed by atoms with van der Waals surface area (Å²) in [4.78, 5) is 19.1. The van der Waals surface area contributed by atoms with Crippen LogP contribution in [0.25, 0.3) is 0 Å². The highest BCUT2D eigenvalue weighted by Crippen LogP contribution is 2.50. The van der Waals surface area contributed by atoms with Gasteiger partial charge in [-0.2, -0.15) is 4.98 Å². The molecule has 1 aromatic carbocycles. The average molecular weight is 449 g/mol. The Labute approximate surface area is 182 Å². The van der Waals surface area contributed by atoms with Gasteiger partial charge in [-0.15, -0.1) is 0 Å². The maximum Gasteiger partial charge on any atom is 0.248 e. The minimum absolute atomic E-state index is 0.00749. The number of carbonyl (C=O) groups excluding carboxylic acids is 1. The van der Waals surface area contributed by atoms with Gasteiger partial charge >= 0.3 is 0 Å². The van der Waals surface area contributed by atoms with Crippen LogP contribution in [-0.2, 0) is 31.6 Å². The molecule has 31 heavy (non-hydrogen) atoms. The fourth-order valence-corrected chi connectivity index (χ4v) is 5.59. The standard InChI is InChI=1S/C21H28N4O5S/c1-3-31(27,28)24-18-9-17-11-25(14-21(17,10-18)20-22-15(2)23-30-20)19(26)13-29-12-16-7-5-4-6-8-16/h4-8,17-18,24H,3,9-14H2,1-2H3/t17?,18-,21+/m1/s1. The second-order valence-electron chi connectivity index (χ2n) is 8.41. The first-order valence-corrected chi connectivity index (χ1v) is 12.2. The normalized spacial score (nSPS) is 25.7. The van der Waals surface area contributed by atoms with Crippen molar-refractivity contribution in [2.24, 2.45) is 5.92 Å². The van der Waals surface area contributed by atoms with E-state index in [2.05, 4.69) is 14.9 Å². The van der Waals surface area contributed by atoms with Crippen LogP contribution in [0.3, 0.4) is 0 Å². The predicted octanol–water partition coefficient (Wildman–Crippen LogP) is 1.39. The molecule has 168 valence electrons. The summed E-state index contributed by atoms with van der Waals surface area (Å²) in [6.45, 7) is 4.66. The maximum absolute atomic E-state index is 12.8. The third-order valence-electron chi connectivity index (χ3n) is 6.24. The molecule has 1 saturated carbocycles. The molecule has 1 aliphatic heterocycles. The third kappa shape index (κ3) is 4.65. The highest BCUT2D eigenvalue weighted by atomic mass is 32.2. The van der Waals surface area contributed by atoms with E-state index in [1.807, 2.05) is 30.3 Å². The molecule has 1 aromatic heterocycles. The Bertz CT molecular complexity index is 1030. The van der Waals surface area contributed by atoms with E-state index in [4.69, 9.17) is 9.26 Å². The summed E-state index contributed by atoms with van der Waals surface area (Å²) in [7, 11) is -3.32. The molecule has 2 aliphatic rings. The van der Waals surface area contributed by atoms with Crippen molar-refractivity contribution < 1.29 is 22.5 Å². The Hall–Kier alpha value is -2.30. The molecule has 1 aliphatic carbocycles. The fourth-order valence-electron chi connectivity index (χ4n) is 4.74. The van der Waals surface area contributed by atoms with Crippen molar-refractivity contribution in [3.8, 4) is 0 Å². The monoisotopic (exact) mass is 448 g/mol. The number of hydrogen-bond acceptors (Lipinski definition) is 7. The van der Waals surface area contributed by atoms with Crippen molar-refractivity contribution in [2.45, 2.75) is 44.8 Å². The van der Waals surface area contributed by atoms with E-state index in [0.717, 1.165) is 5.56 Å². The summed E-state index contributed by atoms with van der Waals surface area (Å²) in [5.41, 5.74) is 0.467. The van der Waals surface area contributed by atoms with Crippen molar-refractivity contribution in [2.75, 3.05) is 25.4 Å². The molecule has 1 N–H and O–H groups in total. The van der Waals surface area contributed by atoms with Gasteiger partial charge < -0.3 is 14.2 Å². The van der Waals surface area contributed by atoms with Crippen LogP contribution in [0.5, 0.6) is 0 Å². The predicted molar refractivity (Wildman–Crippen MR) is 112 cm³/mol. The van der Waals surface area contributed by atoms with Crippen LogP contribution in [0, 0.1) is 12.8 Å². The number of likely N-dealkylation sites (tertiary alicyclic amines) is 1. The Balaban J connectivity index is 1.44. The number of benzene rings is 1. The minimum Gasteiger partial charge on any atom is -0.367 e. The molecule has 4 rings (SSSR count). The highest BCUT2D eigenvalue weighted by molar-refractivity contribution is 7.89. The Morgan fingerprint density at radius 1 is 1.35 bits per heavy atom. The fraction of sp³-hybridized carbons (Fsp3) is 0.571. The molecule has 1 saturated heterocycles. The number of nitrogens with zero attached hydrogens (tertiary/aromatic N) is 3. The summed E-state index contributed by atoms with van der Waals surface area (Å²) in [5.74, 6) is 0.983. The molecule has 0 radical (unpaired) electrons. The molecule has 3 atom stereocenters. The van der Waals surface area contributed by atoms with Crippen molar-refractivity contribution in [3.05, 3.63) is 47.6 Å². The second kappa shape index (κ2) is 8.68. The number of amides is 1. The van der Waals surface area contributed by atoms with E-state index in [1.165, 1.54) is 0 Å². The number of aromatic nitrogens is 2. The highest BCUT2D eigenvalue weighted by Gasteiger charge is 2.58. The van der Waals surface area contributed by atoms with E-state index in [9.17, 15) is 13.2 Å². The van der Waals surface area contributed by atoms with E-state index < -0.39 is 15.4 Å². The molecule has 0 bridgehead atoms. The van der Waals surface area contributed by atoms with Gasteiger partial charge in [0.25, 0.3) is 0 Å².